The smallest absolute Gasteiger partial charge is 0.870 e. The Morgan fingerprint density at radius 3 is 1.86 bits per heavy atom. The van der Waals surface area contributed by atoms with Gasteiger partial charge in [0.15, 0.2) is 5.65 Å². The van der Waals surface area contributed by atoms with E-state index in [2.05, 4.69) is 35.6 Å². The molecule has 9 rings (SSSR count). The van der Waals surface area contributed by atoms with Gasteiger partial charge >= 0.3 is 41.5 Å². The Morgan fingerprint density at radius 2 is 1.30 bits per heavy atom. The summed E-state index contributed by atoms with van der Waals surface area (Å²) < 4.78 is 27.8. The van der Waals surface area contributed by atoms with Gasteiger partial charge in [-0.05, 0) is 54.1 Å². The number of fused-ring (bicyclic) bond motifs is 2. The number of amides is 2. The fourth-order valence-electron chi connectivity index (χ4n) is 6.58. The number of aromatic nitrogens is 5. The second-order valence-corrected chi connectivity index (χ2v) is 15.9. The number of anilines is 2. The van der Waals surface area contributed by atoms with Gasteiger partial charge in [-0.3, -0.25) is 19.6 Å². The molecule has 0 saturated heterocycles. The van der Waals surface area contributed by atoms with Crippen LogP contribution in [0.15, 0.2) is 144 Å². The molecule has 310 valence electrons. The second kappa shape index (κ2) is 19.3. The van der Waals surface area contributed by atoms with Crippen molar-refractivity contribution in [2.75, 3.05) is 10.6 Å². The average Bonchev–Trinajstić information content (AvgIpc) is 4.12. The Kier molecular flexibility index (Phi) is 13.9. The summed E-state index contributed by atoms with van der Waals surface area (Å²) in [4.78, 5) is 68.9. The van der Waals surface area contributed by atoms with Crippen LogP contribution in [-0.2, 0) is 10.0 Å². The van der Waals surface area contributed by atoms with Crippen LogP contribution in [0.5, 0.6) is 0 Å². The van der Waals surface area contributed by atoms with Crippen LogP contribution in [0.25, 0.3) is 38.1 Å². The quantitative estimate of drug-likeness (QED) is 0.119. The van der Waals surface area contributed by atoms with Gasteiger partial charge in [0, 0.05) is 59.3 Å². The van der Waals surface area contributed by atoms with Gasteiger partial charge in [0.05, 0.1) is 61.3 Å². The third-order valence-corrected chi connectivity index (χ3v) is 11.9. The van der Waals surface area contributed by atoms with Crippen molar-refractivity contribution in [1.82, 2.24) is 23.9 Å². The summed E-state index contributed by atoms with van der Waals surface area (Å²) in [6.45, 7) is 0. The van der Waals surface area contributed by atoms with Gasteiger partial charge in [0.1, 0.15) is 5.65 Å². The number of thiazole rings is 1. The summed E-state index contributed by atoms with van der Waals surface area (Å²) in [5, 5.41) is 25.4. The number of allylic oxidation sites excluding steroid dienone is 1. The molecule has 0 saturated carbocycles. The van der Waals surface area contributed by atoms with Crippen molar-refractivity contribution < 1.29 is 72.8 Å². The molecule has 6 N–H and O–H groups in total. The molecule has 17 nitrogen and oxygen atoms in total. The number of H-pyrrole nitrogens is 1. The fraction of sp³-hybridized carbons (Fsp3) is 0.0233. The summed E-state index contributed by atoms with van der Waals surface area (Å²) in [6.07, 6.45) is 12.2. The van der Waals surface area contributed by atoms with Crippen LogP contribution in [0.4, 0.5) is 11.4 Å². The van der Waals surface area contributed by atoms with Crippen molar-refractivity contribution in [3.8, 4) is 10.4 Å². The van der Waals surface area contributed by atoms with Gasteiger partial charge < -0.3 is 31.3 Å². The zero-order valence-electron chi connectivity index (χ0n) is 32.8. The average molecular weight is 891 g/mol. The molecular formula is C43H31N8NaO9S2. The molecule has 5 aromatic heterocycles. The first-order valence-corrected chi connectivity index (χ1v) is 20.5. The number of pyridine rings is 2. The van der Waals surface area contributed by atoms with Crippen LogP contribution in [-0.4, -0.2) is 78.0 Å². The van der Waals surface area contributed by atoms with Gasteiger partial charge in [-0.15, -0.1) is 11.3 Å². The SMILES string of the molecule is O=C(O)c1ccccc1C(=O)Nc1cnc2[nH]cc(C3=CN=CC3)c2c1.O=C(O)c1ccccc1C(=O)Nc1cnc2c(c1)c(-c1cncs1)cn2S(=O)(=O)c1ccccc1.[Na+].[OH-]. The fourth-order valence-corrected chi connectivity index (χ4v) is 8.57. The van der Waals surface area contributed by atoms with Gasteiger partial charge in [0.25, 0.3) is 21.8 Å². The minimum absolute atomic E-state index is 0. The van der Waals surface area contributed by atoms with Crippen molar-refractivity contribution in [1.29, 1.82) is 0 Å². The number of benzene rings is 3. The number of rotatable bonds is 10. The summed E-state index contributed by atoms with van der Waals surface area (Å²) in [6, 6.07) is 23.4. The van der Waals surface area contributed by atoms with Crippen LogP contribution in [0.2, 0.25) is 0 Å². The van der Waals surface area contributed by atoms with E-state index in [1.807, 2.05) is 18.5 Å². The van der Waals surface area contributed by atoms with Crippen molar-refractivity contribution in [2.24, 2.45) is 4.99 Å². The molecule has 0 spiro atoms. The number of nitrogens with zero attached hydrogens (tertiary/aromatic N) is 5. The number of aromatic carboxylic acids is 2. The molecule has 0 atom stereocenters. The normalized spacial score (nSPS) is 11.7. The Morgan fingerprint density at radius 1 is 0.730 bits per heavy atom. The molecule has 1 aliphatic rings. The number of carboxylic acid groups (broad SMARTS) is 2. The van der Waals surface area contributed by atoms with Crippen LogP contribution < -0.4 is 40.2 Å². The van der Waals surface area contributed by atoms with E-state index in [0.29, 0.717) is 22.3 Å². The third-order valence-electron chi connectivity index (χ3n) is 9.45. The topological polar surface area (TPSA) is 269 Å². The van der Waals surface area contributed by atoms with E-state index in [1.165, 1.54) is 72.4 Å². The number of hydrogen-bond donors (Lipinski definition) is 5. The number of carbonyl (C=O) groups is 4. The van der Waals surface area contributed by atoms with Crippen LogP contribution in [0.3, 0.4) is 0 Å². The monoisotopic (exact) mass is 890 g/mol. The number of aliphatic imine (C=N–C) groups is 1. The van der Waals surface area contributed by atoms with Crippen LogP contribution >= 0.6 is 11.3 Å². The van der Waals surface area contributed by atoms with E-state index in [-0.39, 0.29) is 73.5 Å². The Hall–Kier alpha value is -7.13. The summed E-state index contributed by atoms with van der Waals surface area (Å²) >= 11 is 1.33. The molecule has 6 heterocycles. The van der Waals surface area contributed by atoms with E-state index in [9.17, 15) is 37.8 Å². The Balaban J connectivity index is 0.000000211. The maximum Gasteiger partial charge on any atom is 1.00 e. The number of hydrogen-bond acceptors (Lipinski definition) is 12. The molecule has 0 unspecified atom stereocenters. The molecule has 1 aliphatic heterocycles. The first-order chi connectivity index (χ1) is 29.5. The van der Waals surface area contributed by atoms with Crippen LogP contribution in [0.1, 0.15) is 53.4 Å². The van der Waals surface area contributed by atoms with E-state index in [4.69, 9.17) is 0 Å². The first-order valence-electron chi connectivity index (χ1n) is 18.2. The molecule has 0 bridgehead atoms. The minimum Gasteiger partial charge on any atom is -0.870 e. The van der Waals surface area contributed by atoms with Crippen LogP contribution in [0, 0.1) is 0 Å². The number of nitrogens with one attached hydrogen (secondary N) is 3. The van der Waals surface area contributed by atoms with E-state index >= 15 is 0 Å². The standard InChI is InChI=1S/C24H16N4O5S2.C19H14N4O3.Na.H2O/c29-23(17-8-4-5-9-18(17)24(30)31)27-15-10-19-20(21-12-25-14-34-21)13-28(22(19)26-11-15)35(32,33)16-6-2-1-3-7-16;24-18(13-3-1-2-4-14(13)19(25)26)23-12-7-15-16(11-5-6-20-8-11)10-22-17(15)21-9-12;;/h1-14H,(H,27,29)(H,30,31);1-4,6-10H,5H2,(H,21,22)(H,23,24)(H,25,26);;1H2/q;;+1;/p-1. The summed E-state index contributed by atoms with van der Waals surface area (Å²) in [5.41, 5.74) is 5.82. The predicted molar refractivity (Wildman–Crippen MR) is 232 cm³/mol. The van der Waals surface area contributed by atoms with Crippen molar-refractivity contribution >= 4 is 90.3 Å². The first kappa shape index (κ1) is 45.4. The van der Waals surface area contributed by atoms with Crippen molar-refractivity contribution in [2.45, 2.75) is 11.3 Å². The van der Waals surface area contributed by atoms with Gasteiger partial charge in [-0.2, -0.15) is 0 Å². The second-order valence-electron chi connectivity index (χ2n) is 13.2. The molecule has 0 radical (unpaired) electrons. The van der Waals surface area contributed by atoms with E-state index in [0.717, 1.165) is 31.8 Å². The third kappa shape index (κ3) is 9.38. The van der Waals surface area contributed by atoms with Crippen molar-refractivity contribution in [3.05, 3.63) is 162 Å². The van der Waals surface area contributed by atoms with Crippen molar-refractivity contribution in [3.63, 3.8) is 0 Å². The summed E-state index contributed by atoms with van der Waals surface area (Å²) in [7, 11) is -3.94. The molecule has 3 aromatic carbocycles. The minimum atomic E-state index is -3.94. The molecular weight excluding hydrogens is 860 g/mol. The van der Waals surface area contributed by atoms with Gasteiger partial charge in [-0.25, -0.2) is 31.9 Å². The maximum absolute atomic E-state index is 13.4. The molecule has 0 fully saturated rings. The molecule has 63 heavy (non-hydrogen) atoms. The summed E-state index contributed by atoms with van der Waals surface area (Å²) in [5.74, 6) is -3.49. The number of aromatic amines is 1. The van der Waals surface area contributed by atoms with Gasteiger partial charge in [0.2, 0.25) is 0 Å². The molecule has 2 amide bonds. The Bertz CT molecular complexity index is 3200. The zero-order valence-corrected chi connectivity index (χ0v) is 36.5. The Labute approximate surface area is 383 Å². The maximum atomic E-state index is 13.4. The largest absolute Gasteiger partial charge is 1.00 e. The number of carboxylic acids is 2. The molecule has 8 aromatic rings. The molecule has 0 aliphatic carbocycles. The van der Waals surface area contributed by atoms with E-state index in [1.54, 1.807) is 60.4 Å². The van der Waals surface area contributed by atoms with Gasteiger partial charge in [-0.1, -0.05) is 42.5 Å². The molecule has 20 heteroatoms. The zero-order chi connectivity index (χ0) is 42.7. The predicted octanol–water partition coefficient (Wildman–Crippen LogP) is 4.50. The van der Waals surface area contributed by atoms with E-state index < -0.39 is 33.8 Å². The number of carbonyl (C=O) groups excluding carboxylic acids is 2.